The molecule has 0 heterocycles. The van der Waals surface area contributed by atoms with Crippen molar-refractivity contribution in [3.63, 3.8) is 0 Å². The summed E-state index contributed by atoms with van der Waals surface area (Å²) < 4.78 is 0. The van der Waals surface area contributed by atoms with Crippen molar-refractivity contribution in [3.05, 3.63) is 0 Å². The molecular weight excluding hydrogens is 114 g/mol. The zero-order valence-electron chi connectivity index (χ0n) is 6.56. The molecule has 0 aliphatic heterocycles. The van der Waals surface area contributed by atoms with Crippen LogP contribution in [-0.2, 0) is 4.79 Å². The molecule has 0 aromatic carbocycles. The summed E-state index contributed by atoms with van der Waals surface area (Å²) in [5.74, 6) is 0. The molecule has 0 aliphatic rings. The zero-order chi connectivity index (χ0) is 7.49. The first-order chi connectivity index (χ1) is 4.04. The Bertz CT molecular complexity index is 99.1. The van der Waals surface area contributed by atoms with Crippen LogP contribution < -0.4 is 0 Å². The fourth-order valence-electron chi connectivity index (χ4n) is 0.473. The fraction of sp³-hybridized carbons (Fsp3) is 0.857. The van der Waals surface area contributed by atoms with Gasteiger partial charge >= 0.3 is 0 Å². The van der Waals surface area contributed by atoms with Gasteiger partial charge in [0.1, 0.15) is 0 Å². The van der Waals surface area contributed by atoms with Crippen LogP contribution in [0.2, 0.25) is 0 Å². The van der Waals surface area contributed by atoms with Gasteiger partial charge in [-0.2, -0.15) is 0 Å². The lowest BCUT2D eigenvalue weighted by Crippen LogP contribution is -2.42. The minimum absolute atomic E-state index is 0.422. The molecule has 53 valence electrons. The molecule has 0 spiro atoms. The lowest BCUT2D eigenvalue weighted by atomic mass is 10.1. The van der Waals surface area contributed by atoms with Gasteiger partial charge in [0.15, 0.2) is 0 Å². The first-order valence-corrected chi connectivity index (χ1v) is 3.15. The molecule has 0 saturated heterocycles. The minimum Gasteiger partial charge on any atom is -0.294 e. The quantitative estimate of drug-likeness (QED) is 0.561. The van der Waals surface area contributed by atoms with E-state index in [4.69, 9.17) is 0 Å². The van der Waals surface area contributed by atoms with E-state index >= 15 is 0 Å². The van der Waals surface area contributed by atoms with Crippen molar-refractivity contribution in [1.82, 2.24) is 4.90 Å². The predicted molar refractivity (Wildman–Crippen MR) is 38.1 cm³/mol. The molecule has 0 atom stereocenters. The summed E-state index contributed by atoms with van der Waals surface area (Å²) >= 11 is 0. The molecule has 0 aromatic rings. The summed E-state index contributed by atoms with van der Waals surface area (Å²) in [4.78, 5) is 12.2. The predicted octanol–water partition coefficient (Wildman–Crippen LogP) is 0.826. The minimum atomic E-state index is -0.422. The maximum atomic E-state index is 10.3. The highest BCUT2D eigenvalue weighted by Crippen LogP contribution is 2.06. The van der Waals surface area contributed by atoms with Gasteiger partial charge in [-0.25, -0.2) is 0 Å². The van der Waals surface area contributed by atoms with E-state index in [-0.39, 0.29) is 0 Å². The van der Waals surface area contributed by atoms with Gasteiger partial charge in [-0.3, -0.25) is 9.69 Å². The lowest BCUT2D eigenvalue weighted by Gasteiger charge is -2.27. The molecule has 2 heteroatoms. The smallest absolute Gasteiger partial charge is 0.219 e. The highest BCUT2D eigenvalue weighted by molar-refractivity contribution is 5.63. The van der Waals surface area contributed by atoms with Gasteiger partial charge in [0, 0.05) is 0 Å². The van der Waals surface area contributed by atoms with Crippen LogP contribution in [0.4, 0.5) is 0 Å². The van der Waals surface area contributed by atoms with Gasteiger partial charge in [0.25, 0.3) is 0 Å². The van der Waals surface area contributed by atoms with E-state index in [1.807, 2.05) is 39.0 Å². The van der Waals surface area contributed by atoms with E-state index in [1.165, 1.54) is 0 Å². The van der Waals surface area contributed by atoms with E-state index in [9.17, 15) is 4.79 Å². The number of nitrogens with zero attached hydrogens (tertiary/aromatic N) is 1. The topological polar surface area (TPSA) is 20.3 Å². The normalized spacial score (nSPS) is 12.1. The molecule has 0 bridgehead atoms. The molecule has 2 nitrogen and oxygen atoms in total. The Labute approximate surface area is 56.9 Å². The van der Waals surface area contributed by atoms with Crippen molar-refractivity contribution in [2.45, 2.75) is 26.3 Å². The van der Waals surface area contributed by atoms with E-state index in [1.54, 1.807) is 0 Å². The number of rotatable bonds is 3. The lowest BCUT2D eigenvalue weighted by molar-refractivity contribution is 0.227. The van der Waals surface area contributed by atoms with Gasteiger partial charge in [0.2, 0.25) is 6.29 Å². The van der Waals surface area contributed by atoms with Crippen molar-refractivity contribution in [2.75, 3.05) is 13.6 Å². The van der Waals surface area contributed by atoms with Crippen LogP contribution in [0.15, 0.2) is 0 Å². The average Bonchev–Trinajstić information content (AvgIpc) is 1.86. The summed E-state index contributed by atoms with van der Waals surface area (Å²) in [5.41, 5.74) is -0.422. The Morgan fingerprint density at radius 2 is 2.00 bits per heavy atom. The maximum Gasteiger partial charge on any atom is 0.219 e. The van der Waals surface area contributed by atoms with E-state index < -0.39 is 5.54 Å². The molecule has 0 amide bonds. The molecule has 0 fully saturated rings. The molecule has 0 saturated carbocycles. The van der Waals surface area contributed by atoms with E-state index in [0.29, 0.717) is 0 Å². The zero-order valence-corrected chi connectivity index (χ0v) is 6.56. The second kappa shape index (κ2) is 2.97. The molecule has 0 N–H and O–H groups in total. The van der Waals surface area contributed by atoms with Crippen molar-refractivity contribution in [1.29, 1.82) is 0 Å². The molecule has 0 aromatic heterocycles. The molecule has 0 rings (SSSR count). The third kappa shape index (κ3) is 2.14. The number of hydrogen-bond donors (Lipinski definition) is 0. The second-order valence-corrected chi connectivity index (χ2v) is 2.68. The summed E-state index contributed by atoms with van der Waals surface area (Å²) in [6.07, 6.45) is 1.97. The van der Waals surface area contributed by atoms with Crippen LogP contribution in [-0.4, -0.2) is 30.3 Å². The largest absolute Gasteiger partial charge is 0.294 e. The molecule has 0 unspecified atom stereocenters. The van der Waals surface area contributed by atoms with Gasteiger partial charge in [-0.15, -0.1) is 0 Å². The first-order valence-electron chi connectivity index (χ1n) is 3.15. The van der Waals surface area contributed by atoms with E-state index in [0.717, 1.165) is 6.54 Å². The monoisotopic (exact) mass is 128 g/mol. The van der Waals surface area contributed by atoms with Crippen molar-refractivity contribution >= 4 is 6.29 Å². The van der Waals surface area contributed by atoms with E-state index in [2.05, 4.69) is 0 Å². The van der Waals surface area contributed by atoms with Crippen LogP contribution in [0, 0.1) is 0 Å². The molecular formula is C7H14NO. The van der Waals surface area contributed by atoms with Gasteiger partial charge in [0.05, 0.1) is 5.54 Å². The molecule has 1 radical (unpaired) electrons. The average molecular weight is 128 g/mol. The van der Waals surface area contributed by atoms with Gasteiger partial charge in [-0.05, 0) is 27.4 Å². The van der Waals surface area contributed by atoms with Crippen molar-refractivity contribution in [3.8, 4) is 0 Å². The number of carbonyl (C=O) groups excluding carboxylic acids is 1. The van der Waals surface area contributed by atoms with Crippen LogP contribution in [0.5, 0.6) is 0 Å². The number of hydrogen-bond acceptors (Lipinski definition) is 2. The second-order valence-electron chi connectivity index (χ2n) is 2.68. The SMILES string of the molecule is CCN(C)C(C)(C)[C]=O. The first kappa shape index (κ1) is 8.63. The van der Waals surface area contributed by atoms with Crippen LogP contribution in [0.3, 0.4) is 0 Å². The highest BCUT2D eigenvalue weighted by atomic mass is 16.1. The Hall–Kier alpha value is -0.370. The summed E-state index contributed by atoms with van der Waals surface area (Å²) in [5, 5.41) is 0. The third-order valence-electron chi connectivity index (χ3n) is 1.68. The van der Waals surface area contributed by atoms with Gasteiger partial charge < -0.3 is 0 Å². The van der Waals surface area contributed by atoms with Crippen LogP contribution in [0.25, 0.3) is 0 Å². The molecule has 0 aliphatic carbocycles. The van der Waals surface area contributed by atoms with Crippen LogP contribution in [0.1, 0.15) is 20.8 Å². The van der Waals surface area contributed by atoms with Crippen molar-refractivity contribution in [2.24, 2.45) is 0 Å². The van der Waals surface area contributed by atoms with Crippen molar-refractivity contribution < 1.29 is 4.79 Å². The Balaban J connectivity index is 3.95. The third-order valence-corrected chi connectivity index (χ3v) is 1.68. The van der Waals surface area contributed by atoms with Crippen LogP contribution >= 0.6 is 0 Å². The Morgan fingerprint density at radius 3 is 2.11 bits per heavy atom. The Kier molecular flexibility index (Phi) is 2.85. The standard InChI is InChI=1S/C7H14NO/c1-5-8(4)7(2,3)6-9/h5H2,1-4H3. The number of likely N-dealkylation sites (N-methyl/N-ethyl adjacent to an activating group) is 1. The fourth-order valence-corrected chi connectivity index (χ4v) is 0.473. The molecule has 9 heavy (non-hydrogen) atoms. The highest BCUT2D eigenvalue weighted by Gasteiger charge is 2.21. The Morgan fingerprint density at radius 1 is 1.56 bits per heavy atom. The summed E-state index contributed by atoms with van der Waals surface area (Å²) in [6, 6.07) is 0. The van der Waals surface area contributed by atoms with Gasteiger partial charge in [-0.1, -0.05) is 6.92 Å². The summed E-state index contributed by atoms with van der Waals surface area (Å²) in [6.45, 7) is 6.59. The maximum absolute atomic E-state index is 10.3. The summed E-state index contributed by atoms with van der Waals surface area (Å²) in [7, 11) is 1.91.